The summed E-state index contributed by atoms with van der Waals surface area (Å²) in [7, 11) is 0. The second-order valence-corrected chi connectivity index (χ2v) is 4.06. The van der Waals surface area contributed by atoms with E-state index in [1.54, 1.807) is 0 Å². The molecule has 1 aromatic heterocycles. The molecule has 1 N–H and O–H groups in total. The standard InChI is InChI=1S/C14H17NO2/c1-2-17-14(16)5-3-4-11-6-7-13-12(10-11)8-9-15-13/h6-10,15H,2-5H2,1H3. The Bertz CT molecular complexity index is 502. The fourth-order valence-electron chi connectivity index (χ4n) is 1.93. The van der Waals surface area contributed by atoms with Crippen LogP contribution in [0.25, 0.3) is 10.9 Å². The molecule has 0 aliphatic heterocycles. The molecule has 1 heterocycles. The topological polar surface area (TPSA) is 42.1 Å². The van der Waals surface area contributed by atoms with Gasteiger partial charge in [0.15, 0.2) is 0 Å². The van der Waals surface area contributed by atoms with Gasteiger partial charge in [0.05, 0.1) is 6.61 Å². The molecule has 17 heavy (non-hydrogen) atoms. The first-order valence-electron chi connectivity index (χ1n) is 6.01. The summed E-state index contributed by atoms with van der Waals surface area (Å²) in [4.78, 5) is 14.3. The Balaban J connectivity index is 1.88. The largest absolute Gasteiger partial charge is 0.466 e. The van der Waals surface area contributed by atoms with E-state index in [9.17, 15) is 4.79 Å². The monoisotopic (exact) mass is 231 g/mol. The summed E-state index contributed by atoms with van der Waals surface area (Å²) in [5.41, 5.74) is 2.42. The van der Waals surface area contributed by atoms with Crippen molar-refractivity contribution >= 4 is 16.9 Å². The third-order valence-electron chi connectivity index (χ3n) is 2.77. The second kappa shape index (κ2) is 5.53. The van der Waals surface area contributed by atoms with Gasteiger partial charge in [-0.15, -0.1) is 0 Å². The molecule has 0 fully saturated rings. The Morgan fingerprint density at radius 1 is 1.35 bits per heavy atom. The number of aromatic amines is 1. The molecule has 0 saturated carbocycles. The normalized spacial score (nSPS) is 10.6. The number of hydrogen-bond donors (Lipinski definition) is 1. The molecular formula is C14H17NO2. The number of esters is 1. The first kappa shape index (κ1) is 11.7. The highest BCUT2D eigenvalue weighted by molar-refractivity contribution is 5.79. The summed E-state index contributed by atoms with van der Waals surface area (Å²) < 4.78 is 4.89. The minimum Gasteiger partial charge on any atom is -0.466 e. The molecule has 0 aliphatic rings. The third-order valence-corrected chi connectivity index (χ3v) is 2.77. The lowest BCUT2D eigenvalue weighted by Crippen LogP contribution is -2.03. The summed E-state index contributed by atoms with van der Waals surface area (Å²) >= 11 is 0. The number of aromatic nitrogens is 1. The van der Waals surface area contributed by atoms with Gasteiger partial charge in [-0.25, -0.2) is 0 Å². The van der Waals surface area contributed by atoms with Crippen molar-refractivity contribution in [1.29, 1.82) is 0 Å². The smallest absolute Gasteiger partial charge is 0.305 e. The number of ether oxygens (including phenoxy) is 1. The Morgan fingerprint density at radius 3 is 3.06 bits per heavy atom. The highest BCUT2D eigenvalue weighted by Crippen LogP contribution is 2.15. The van der Waals surface area contributed by atoms with Crippen LogP contribution in [-0.2, 0) is 16.0 Å². The van der Waals surface area contributed by atoms with Crippen LogP contribution < -0.4 is 0 Å². The number of hydrogen-bond acceptors (Lipinski definition) is 2. The number of rotatable bonds is 5. The molecule has 3 nitrogen and oxygen atoms in total. The van der Waals surface area contributed by atoms with Gasteiger partial charge in [0.25, 0.3) is 0 Å². The molecule has 0 bridgehead atoms. The van der Waals surface area contributed by atoms with Crippen molar-refractivity contribution in [3.8, 4) is 0 Å². The van der Waals surface area contributed by atoms with Crippen LogP contribution in [0.1, 0.15) is 25.3 Å². The lowest BCUT2D eigenvalue weighted by molar-refractivity contribution is -0.143. The fraction of sp³-hybridized carbons (Fsp3) is 0.357. The molecule has 0 spiro atoms. The highest BCUT2D eigenvalue weighted by atomic mass is 16.5. The maximum Gasteiger partial charge on any atom is 0.305 e. The highest BCUT2D eigenvalue weighted by Gasteiger charge is 2.02. The number of benzene rings is 1. The number of fused-ring (bicyclic) bond motifs is 1. The van der Waals surface area contributed by atoms with E-state index < -0.39 is 0 Å². The van der Waals surface area contributed by atoms with Crippen LogP contribution in [-0.4, -0.2) is 17.6 Å². The van der Waals surface area contributed by atoms with E-state index in [2.05, 4.69) is 29.2 Å². The van der Waals surface area contributed by atoms with Crippen LogP contribution in [0.4, 0.5) is 0 Å². The third kappa shape index (κ3) is 3.09. The average Bonchev–Trinajstić information content (AvgIpc) is 2.76. The van der Waals surface area contributed by atoms with Gasteiger partial charge in [0.2, 0.25) is 0 Å². The molecule has 1 aromatic carbocycles. The van der Waals surface area contributed by atoms with E-state index >= 15 is 0 Å². The number of nitrogens with one attached hydrogen (secondary N) is 1. The van der Waals surface area contributed by atoms with Crippen LogP contribution in [0.3, 0.4) is 0 Å². The number of carbonyl (C=O) groups is 1. The summed E-state index contributed by atoms with van der Waals surface area (Å²) in [6.07, 6.45) is 4.20. The van der Waals surface area contributed by atoms with E-state index in [1.807, 2.05) is 13.1 Å². The van der Waals surface area contributed by atoms with Crippen molar-refractivity contribution in [1.82, 2.24) is 4.98 Å². The van der Waals surface area contributed by atoms with Crippen LogP contribution in [0, 0.1) is 0 Å². The number of aryl methyl sites for hydroxylation is 1. The van der Waals surface area contributed by atoms with E-state index in [4.69, 9.17) is 4.74 Å². The maximum absolute atomic E-state index is 11.2. The molecule has 2 rings (SSSR count). The average molecular weight is 231 g/mol. The summed E-state index contributed by atoms with van der Waals surface area (Å²) in [6.45, 7) is 2.30. The molecule has 0 saturated heterocycles. The molecule has 90 valence electrons. The molecular weight excluding hydrogens is 214 g/mol. The zero-order chi connectivity index (χ0) is 12.1. The van der Waals surface area contributed by atoms with Gasteiger partial charge in [-0.05, 0) is 48.9 Å². The summed E-state index contributed by atoms with van der Waals surface area (Å²) in [6, 6.07) is 8.40. The van der Waals surface area contributed by atoms with Crippen LogP contribution in [0.5, 0.6) is 0 Å². The molecule has 0 unspecified atom stereocenters. The molecule has 0 atom stereocenters. The van der Waals surface area contributed by atoms with Crippen molar-refractivity contribution < 1.29 is 9.53 Å². The van der Waals surface area contributed by atoms with E-state index in [0.717, 1.165) is 18.4 Å². The van der Waals surface area contributed by atoms with E-state index in [0.29, 0.717) is 13.0 Å². The van der Waals surface area contributed by atoms with Crippen LogP contribution in [0.2, 0.25) is 0 Å². The molecule has 0 radical (unpaired) electrons. The Labute approximate surface area is 101 Å². The Hall–Kier alpha value is -1.77. The van der Waals surface area contributed by atoms with Gasteiger partial charge in [0, 0.05) is 18.1 Å². The van der Waals surface area contributed by atoms with Crippen LogP contribution >= 0.6 is 0 Å². The van der Waals surface area contributed by atoms with Crippen molar-refractivity contribution in [3.05, 3.63) is 36.0 Å². The van der Waals surface area contributed by atoms with Gasteiger partial charge in [0.1, 0.15) is 0 Å². The van der Waals surface area contributed by atoms with Gasteiger partial charge < -0.3 is 9.72 Å². The Morgan fingerprint density at radius 2 is 2.24 bits per heavy atom. The quantitative estimate of drug-likeness (QED) is 0.803. The van der Waals surface area contributed by atoms with Gasteiger partial charge >= 0.3 is 5.97 Å². The second-order valence-electron chi connectivity index (χ2n) is 4.06. The van der Waals surface area contributed by atoms with E-state index in [-0.39, 0.29) is 5.97 Å². The molecule has 0 amide bonds. The maximum atomic E-state index is 11.2. The van der Waals surface area contributed by atoms with Gasteiger partial charge in [-0.2, -0.15) is 0 Å². The SMILES string of the molecule is CCOC(=O)CCCc1ccc2[nH]ccc2c1. The van der Waals surface area contributed by atoms with Crippen molar-refractivity contribution in [2.24, 2.45) is 0 Å². The molecule has 2 aromatic rings. The number of H-pyrrole nitrogens is 1. The zero-order valence-corrected chi connectivity index (χ0v) is 10.0. The minimum atomic E-state index is -0.102. The first-order chi connectivity index (χ1) is 8.29. The van der Waals surface area contributed by atoms with Crippen molar-refractivity contribution in [3.63, 3.8) is 0 Å². The van der Waals surface area contributed by atoms with Gasteiger partial charge in [-0.3, -0.25) is 4.79 Å². The molecule has 0 aliphatic carbocycles. The van der Waals surface area contributed by atoms with Crippen LogP contribution in [0.15, 0.2) is 30.5 Å². The summed E-state index contributed by atoms with van der Waals surface area (Å²) in [5, 5.41) is 1.22. The Kier molecular flexibility index (Phi) is 3.81. The van der Waals surface area contributed by atoms with Crippen molar-refractivity contribution in [2.45, 2.75) is 26.2 Å². The zero-order valence-electron chi connectivity index (χ0n) is 10.0. The van der Waals surface area contributed by atoms with Gasteiger partial charge in [-0.1, -0.05) is 6.07 Å². The minimum absolute atomic E-state index is 0.102. The first-order valence-corrected chi connectivity index (χ1v) is 6.01. The predicted molar refractivity (Wildman–Crippen MR) is 67.9 cm³/mol. The lowest BCUT2D eigenvalue weighted by atomic mass is 10.1. The summed E-state index contributed by atoms with van der Waals surface area (Å²) in [5.74, 6) is -0.102. The lowest BCUT2D eigenvalue weighted by Gasteiger charge is -2.02. The number of carbonyl (C=O) groups excluding carboxylic acids is 1. The van der Waals surface area contributed by atoms with Crippen molar-refractivity contribution in [2.75, 3.05) is 6.61 Å². The van der Waals surface area contributed by atoms with E-state index in [1.165, 1.54) is 10.9 Å². The fourth-order valence-corrected chi connectivity index (χ4v) is 1.93. The molecule has 3 heteroatoms. The predicted octanol–water partition coefficient (Wildman–Crippen LogP) is 3.05.